The van der Waals surface area contributed by atoms with Crippen molar-refractivity contribution in [2.24, 2.45) is 0 Å². The molecule has 0 aromatic heterocycles. The first-order valence-corrected chi connectivity index (χ1v) is 7.24. The predicted octanol–water partition coefficient (Wildman–Crippen LogP) is 4.43. The monoisotopic (exact) mass is 337 g/mol. The molecular weight excluding hydrogens is 325 g/mol. The van der Waals surface area contributed by atoms with Gasteiger partial charge in [0.1, 0.15) is 0 Å². The Morgan fingerprint density at radius 1 is 1.09 bits per heavy atom. The Bertz CT molecular complexity index is 711. The van der Waals surface area contributed by atoms with Gasteiger partial charge in [0.05, 0.1) is 21.7 Å². The highest BCUT2D eigenvalue weighted by Gasteiger charge is 2.16. The van der Waals surface area contributed by atoms with Crippen LogP contribution in [0.5, 0.6) is 0 Å². The summed E-state index contributed by atoms with van der Waals surface area (Å²) in [6.45, 7) is 1.56. The first kappa shape index (κ1) is 16.3. The Kier molecular flexibility index (Phi) is 5.06. The standard InChI is InChI=1S/C16H13Cl2NO3/c1-9(16(21)22)10-4-2-5-11(8-10)15(20)19-14-12(17)6-3-7-13(14)18/h2-9H,1H3,(H,19,20)(H,21,22). The SMILES string of the molecule is CC(C(=O)O)c1cccc(C(=O)Nc2c(Cl)cccc2Cl)c1. The number of halogens is 2. The fourth-order valence-electron chi connectivity index (χ4n) is 1.89. The van der Waals surface area contributed by atoms with Gasteiger partial charge in [-0.05, 0) is 36.8 Å². The third-order valence-corrected chi connectivity index (χ3v) is 3.85. The largest absolute Gasteiger partial charge is 0.481 e. The van der Waals surface area contributed by atoms with Gasteiger partial charge in [-0.15, -0.1) is 0 Å². The highest BCUT2D eigenvalue weighted by atomic mass is 35.5. The van der Waals surface area contributed by atoms with Crippen molar-refractivity contribution in [2.45, 2.75) is 12.8 Å². The van der Waals surface area contributed by atoms with Crippen LogP contribution >= 0.6 is 23.2 Å². The van der Waals surface area contributed by atoms with E-state index in [2.05, 4.69) is 5.32 Å². The van der Waals surface area contributed by atoms with Gasteiger partial charge in [0, 0.05) is 5.56 Å². The second-order valence-electron chi connectivity index (χ2n) is 4.74. The fourth-order valence-corrected chi connectivity index (χ4v) is 2.39. The van der Waals surface area contributed by atoms with E-state index in [9.17, 15) is 9.59 Å². The molecule has 0 radical (unpaired) electrons. The van der Waals surface area contributed by atoms with E-state index >= 15 is 0 Å². The van der Waals surface area contributed by atoms with Crippen LogP contribution in [0.15, 0.2) is 42.5 Å². The summed E-state index contributed by atoms with van der Waals surface area (Å²) in [6, 6.07) is 11.3. The molecule has 2 rings (SSSR count). The zero-order chi connectivity index (χ0) is 16.3. The summed E-state index contributed by atoms with van der Waals surface area (Å²) in [7, 11) is 0. The van der Waals surface area contributed by atoms with Crippen LogP contribution in [0.2, 0.25) is 10.0 Å². The summed E-state index contributed by atoms with van der Waals surface area (Å²) in [5.41, 5.74) is 1.21. The van der Waals surface area contributed by atoms with E-state index in [1.165, 1.54) is 0 Å². The normalized spacial score (nSPS) is 11.8. The van der Waals surface area contributed by atoms with Crippen LogP contribution in [-0.4, -0.2) is 17.0 Å². The molecule has 2 N–H and O–H groups in total. The van der Waals surface area contributed by atoms with E-state index in [1.807, 2.05) is 0 Å². The van der Waals surface area contributed by atoms with E-state index < -0.39 is 17.8 Å². The smallest absolute Gasteiger partial charge is 0.310 e. The predicted molar refractivity (Wildman–Crippen MR) is 86.9 cm³/mol. The lowest BCUT2D eigenvalue weighted by Gasteiger charge is -2.11. The van der Waals surface area contributed by atoms with Crippen LogP contribution < -0.4 is 5.32 Å². The molecule has 0 aliphatic heterocycles. The first-order valence-electron chi connectivity index (χ1n) is 6.48. The lowest BCUT2D eigenvalue weighted by atomic mass is 9.99. The third kappa shape index (κ3) is 3.59. The van der Waals surface area contributed by atoms with Crippen molar-refractivity contribution < 1.29 is 14.7 Å². The van der Waals surface area contributed by atoms with Crippen molar-refractivity contribution in [3.05, 3.63) is 63.6 Å². The summed E-state index contributed by atoms with van der Waals surface area (Å²) in [5, 5.41) is 12.3. The molecule has 6 heteroatoms. The Balaban J connectivity index is 2.27. The van der Waals surface area contributed by atoms with Crippen molar-refractivity contribution >= 4 is 40.8 Å². The molecule has 2 aromatic rings. The summed E-state index contributed by atoms with van der Waals surface area (Å²) >= 11 is 12.0. The minimum atomic E-state index is -0.952. The molecule has 0 bridgehead atoms. The Morgan fingerprint density at radius 2 is 1.68 bits per heavy atom. The molecule has 4 nitrogen and oxygen atoms in total. The van der Waals surface area contributed by atoms with E-state index in [1.54, 1.807) is 49.4 Å². The highest BCUT2D eigenvalue weighted by molar-refractivity contribution is 6.40. The molecule has 0 spiro atoms. The summed E-state index contributed by atoms with van der Waals surface area (Å²) in [5.74, 6) is -2.06. The molecule has 1 unspecified atom stereocenters. The van der Waals surface area contributed by atoms with Crippen molar-refractivity contribution in [3.63, 3.8) is 0 Å². The van der Waals surface area contributed by atoms with Gasteiger partial charge >= 0.3 is 5.97 Å². The van der Waals surface area contributed by atoms with E-state index in [-0.39, 0.29) is 0 Å². The molecule has 0 fully saturated rings. The van der Waals surface area contributed by atoms with Crippen LogP contribution in [0.1, 0.15) is 28.8 Å². The average molecular weight is 338 g/mol. The zero-order valence-electron chi connectivity index (χ0n) is 11.6. The molecular formula is C16H13Cl2NO3. The van der Waals surface area contributed by atoms with Gasteiger partial charge in [0.15, 0.2) is 0 Å². The van der Waals surface area contributed by atoms with E-state index in [0.29, 0.717) is 26.9 Å². The molecule has 0 saturated carbocycles. The van der Waals surface area contributed by atoms with Crippen LogP contribution in [0.4, 0.5) is 5.69 Å². The minimum Gasteiger partial charge on any atom is -0.481 e. The second-order valence-corrected chi connectivity index (χ2v) is 5.55. The second kappa shape index (κ2) is 6.81. The summed E-state index contributed by atoms with van der Waals surface area (Å²) in [6.07, 6.45) is 0. The first-order chi connectivity index (χ1) is 10.4. The number of carboxylic acid groups (broad SMARTS) is 1. The highest BCUT2D eigenvalue weighted by Crippen LogP contribution is 2.30. The number of rotatable bonds is 4. The number of carboxylic acids is 1. The number of amides is 1. The maximum Gasteiger partial charge on any atom is 0.310 e. The summed E-state index contributed by atoms with van der Waals surface area (Å²) < 4.78 is 0. The zero-order valence-corrected chi connectivity index (χ0v) is 13.2. The molecule has 0 heterocycles. The van der Waals surface area contributed by atoms with Crippen LogP contribution in [0.3, 0.4) is 0 Å². The van der Waals surface area contributed by atoms with Crippen molar-refractivity contribution in [1.82, 2.24) is 0 Å². The Hall–Kier alpha value is -2.04. The van der Waals surface area contributed by atoms with Gasteiger partial charge in [0.25, 0.3) is 5.91 Å². The Morgan fingerprint density at radius 3 is 2.27 bits per heavy atom. The number of hydrogen-bond acceptors (Lipinski definition) is 2. The molecule has 1 atom stereocenters. The van der Waals surface area contributed by atoms with Gasteiger partial charge < -0.3 is 10.4 Å². The number of aliphatic carboxylic acids is 1. The van der Waals surface area contributed by atoms with Gasteiger partial charge in [-0.3, -0.25) is 9.59 Å². The number of carbonyl (C=O) groups excluding carboxylic acids is 1. The lowest BCUT2D eigenvalue weighted by molar-refractivity contribution is -0.138. The molecule has 1 amide bonds. The molecule has 0 saturated heterocycles. The van der Waals surface area contributed by atoms with E-state index in [0.717, 1.165) is 0 Å². The van der Waals surface area contributed by atoms with Crippen LogP contribution in [-0.2, 0) is 4.79 Å². The number of para-hydroxylation sites is 1. The maximum absolute atomic E-state index is 12.3. The topological polar surface area (TPSA) is 66.4 Å². The number of hydrogen-bond donors (Lipinski definition) is 2. The van der Waals surface area contributed by atoms with Gasteiger partial charge in [-0.2, -0.15) is 0 Å². The van der Waals surface area contributed by atoms with Gasteiger partial charge in [0.2, 0.25) is 0 Å². The van der Waals surface area contributed by atoms with Gasteiger partial charge in [-0.1, -0.05) is 41.4 Å². The lowest BCUT2D eigenvalue weighted by Crippen LogP contribution is -2.14. The molecule has 0 aliphatic rings. The number of carbonyl (C=O) groups is 2. The van der Waals surface area contributed by atoms with Crippen LogP contribution in [0.25, 0.3) is 0 Å². The van der Waals surface area contributed by atoms with E-state index in [4.69, 9.17) is 28.3 Å². The molecule has 22 heavy (non-hydrogen) atoms. The van der Waals surface area contributed by atoms with Gasteiger partial charge in [-0.25, -0.2) is 0 Å². The van der Waals surface area contributed by atoms with Crippen molar-refractivity contribution in [2.75, 3.05) is 5.32 Å². The minimum absolute atomic E-state index is 0.326. The fraction of sp³-hybridized carbons (Fsp3) is 0.125. The molecule has 2 aromatic carbocycles. The van der Waals surface area contributed by atoms with Crippen LogP contribution in [0, 0.1) is 0 Å². The number of anilines is 1. The van der Waals surface area contributed by atoms with Crippen molar-refractivity contribution in [3.8, 4) is 0 Å². The summed E-state index contributed by atoms with van der Waals surface area (Å²) in [4.78, 5) is 23.3. The quantitative estimate of drug-likeness (QED) is 0.866. The Labute approximate surface area is 137 Å². The molecule has 114 valence electrons. The third-order valence-electron chi connectivity index (χ3n) is 3.22. The molecule has 0 aliphatic carbocycles. The number of nitrogens with one attached hydrogen (secondary N) is 1. The maximum atomic E-state index is 12.3. The van der Waals surface area contributed by atoms with Crippen molar-refractivity contribution in [1.29, 1.82) is 0 Å². The number of benzene rings is 2. The average Bonchev–Trinajstić information content (AvgIpc) is 2.50.